The largest absolute Gasteiger partial charge is 0.340 e. The Kier molecular flexibility index (Phi) is 6.24. The predicted molar refractivity (Wildman–Crippen MR) is 90.3 cm³/mol. The van der Waals surface area contributed by atoms with Gasteiger partial charge in [-0.25, -0.2) is 0 Å². The van der Waals surface area contributed by atoms with Gasteiger partial charge in [0.25, 0.3) is 0 Å². The van der Waals surface area contributed by atoms with Gasteiger partial charge in [0.2, 0.25) is 5.91 Å². The lowest BCUT2D eigenvalue weighted by Gasteiger charge is -2.35. The normalized spacial score (nSPS) is 16.5. The second-order valence-corrected chi connectivity index (χ2v) is 7.02. The molecule has 1 aliphatic rings. The van der Waals surface area contributed by atoms with Crippen molar-refractivity contribution in [2.45, 2.75) is 26.7 Å². The van der Waals surface area contributed by atoms with Crippen molar-refractivity contribution in [1.29, 1.82) is 0 Å². The summed E-state index contributed by atoms with van der Waals surface area (Å²) < 4.78 is 1.10. The molecule has 0 aromatic heterocycles. The Bertz CT molecular complexity index is 468. The highest BCUT2D eigenvalue weighted by Gasteiger charge is 2.21. The van der Waals surface area contributed by atoms with Gasteiger partial charge in [-0.1, -0.05) is 48.0 Å². The smallest absolute Gasteiger partial charge is 0.222 e. The van der Waals surface area contributed by atoms with Crippen LogP contribution in [0.15, 0.2) is 28.7 Å². The molecule has 4 heteroatoms. The third-order valence-corrected chi connectivity index (χ3v) is 4.69. The fourth-order valence-corrected chi connectivity index (χ4v) is 3.28. The van der Waals surface area contributed by atoms with Gasteiger partial charge in [-0.2, -0.15) is 0 Å². The van der Waals surface area contributed by atoms with Gasteiger partial charge in [0.05, 0.1) is 0 Å². The van der Waals surface area contributed by atoms with Gasteiger partial charge in [-0.05, 0) is 24.0 Å². The number of aryl methyl sites for hydroxylation is 1. The molecule has 1 heterocycles. The van der Waals surface area contributed by atoms with Crippen LogP contribution >= 0.6 is 15.9 Å². The molecule has 3 nitrogen and oxygen atoms in total. The standard InChI is InChI=1S/C17H25BrN2O/c1-14(2)13-19-9-11-20(12-10-19)17(21)8-7-15-5-3-4-6-16(15)18/h3-6,14H,7-13H2,1-2H3. The zero-order valence-electron chi connectivity index (χ0n) is 13.0. The second-order valence-electron chi connectivity index (χ2n) is 6.17. The van der Waals surface area contributed by atoms with Crippen LogP contribution in [-0.2, 0) is 11.2 Å². The molecule has 0 bridgehead atoms. The third kappa shape index (κ3) is 5.11. The highest BCUT2D eigenvalue weighted by Crippen LogP contribution is 2.18. The van der Waals surface area contributed by atoms with Crippen LogP contribution in [0.3, 0.4) is 0 Å². The predicted octanol–water partition coefficient (Wildman–Crippen LogP) is 3.18. The highest BCUT2D eigenvalue weighted by molar-refractivity contribution is 9.10. The number of benzene rings is 1. The van der Waals surface area contributed by atoms with Crippen LogP contribution in [0.25, 0.3) is 0 Å². The molecule has 1 saturated heterocycles. The van der Waals surface area contributed by atoms with Gasteiger partial charge in [0.15, 0.2) is 0 Å². The van der Waals surface area contributed by atoms with Gasteiger partial charge in [0, 0.05) is 43.6 Å². The Hall–Kier alpha value is -0.870. The van der Waals surface area contributed by atoms with E-state index in [1.807, 2.05) is 23.1 Å². The number of rotatable bonds is 5. The van der Waals surface area contributed by atoms with Crippen LogP contribution in [-0.4, -0.2) is 48.4 Å². The lowest BCUT2D eigenvalue weighted by atomic mass is 10.1. The molecule has 2 rings (SSSR count). The first kappa shape index (κ1) is 16.5. The van der Waals surface area contributed by atoms with Crippen molar-refractivity contribution in [1.82, 2.24) is 9.80 Å². The number of piperazine rings is 1. The lowest BCUT2D eigenvalue weighted by molar-refractivity contribution is -0.132. The summed E-state index contributed by atoms with van der Waals surface area (Å²) in [6.07, 6.45) is 1.42. The topological polar surface area (TPSA) is 23.6 Å². The molecule has 1 aromatic carbocycles. The van der Waals surface area contributed by atoms with Crippen LogP contribution < -0.4 is 0 Å². The Morgan fingerprint density at radius 1 is 1.19 bits per heavy atom. The number of carbonyl (C=O) groups is 1. The van der Waals surface area contributed by atoms with E-state index in [9.17, 15) is 4.79 Å². The molecule has 1 aromatic rings. The molecule has 0 radical (unpaired) electrons. The van der Waals surface area contributed by atoms with Gasteiger partial charge in [-0.15, -0.1) is 0 Å². The van der Waals surface area contributed by atoms with Gasteiger partial charge in [-0.3, -0.25) is 9.69 Å². The molecule has 1 amide bonds. The molecule has 1 aliphatic heterocycles. The van der Waals surface area contributed by atoms with Gasteiger partial charge >= 0.3 is 0 Å². The van der Waals surface area contributed by atoms with E-state index < -0.39 is 0 Å². The number of nitrogens with zero attached hydrogens (tertiary/aromatic N) is 2. The van der Waals surface area contributed by atoms with E-state index in [-0.39, 0.29) is 5.91 Å². The second kappa shape index (κ2) is 7.95. The Morgan fingerprint density at radius 2 is 1.86 bits per heavy atom. The summed E-state index contributed by atoms with van der Waals surface area (Å²) in [5, 5.41) is 0. The lowest BCUT2D eigenvalue weighted by Crippen LogP contribution is -2.49. The number of amides is 1. The van der Waals surface area contributed by atoms with E-state index >= 15 is 0 Å². The SMILES string of the molecule is CC(C)CN1CCN(C(=O)CCc2ccccc2Br)CC1. The summed E-state index contributed by atoms with van der Waals surface area (Å²) in [7, 11) is 0. The summed E-state index contributed by atoms with van der Waals surface area (Å²) in [4.78, 5) is 16.8. The van der Waals surface area contributed by atoms with Crippen LogP contribution in [0.2, 0.25) is 0 Å². The van der Waals surface area contributed by atoms with E-state index in [4.69, 9.17) is 0 Å². The van der Waals surface area contributed by atoms with Gasteiger partial charge < -0.3 is 4.90 Å². The number of hydrogen-bond acceptors (Lipinski definition) is 2. The minimum Gasteiger partial charge on any atom is -0.340 e. The fourth-order valence-electron chi connectivity index (χ4n) is 2.80. The molecule has 0 atom stereocenters. The first-order valence-corrected chi connectivity index (χ1v) is 8.59. The third-order valence-electron chi connectivity index (χ3n) is 3.91. The average Bonchev–Trinajstić information content (AvgIpc) is 2.46. The van der Waals surface area contributed by atoms with Crippen LogP contribution in [0.4, 0.5) is 0 Å². The van der Waals surface area contributed by atoms with E-state index in [0.717, 1.165) is 43.6 Å². The van der Waals surface area contributed by atoms with Crippen molar-refractivity contribution in [3.63, 3.8) is 0 Å². The van der Waals surface area contributed by atoms with E-state index in [0.29, 0.717) is 12.3 Å². The molecule has 116 valence electrons. The molecule has 0 spiro atoms. The zero-order valence-corrected chi connectivity index (χ0v) is 14.6. The van der Waals surface area contributed by atoms with Crippen LogP contribution in [0, 0.1) is 5.92 Å². The Morgan fingerprint density at radius 3 is 2.48 bits per heavy atom. The molecule has 0 unspecified atom stereocenters. The first-order valence-electron chi connectivity index (χ1n) is 7.80. The maximum absolute atomic E-state index is 12.3. The molecule has 0 aliphatic carbocycles. The summed E-state index contributed by atoms with van der Waals surface area (Å²) in [6.45, 7) is 9.41. The Balaban J connectivity index is 1.76. The summed E-state index contributed by atoms with van der Waals surface area (Å²) in [6, 6.07) is 8.14. The molecular weight excluding hydrogens is 328 g/mol. The van der Waals surface area contributed by atoms with E-state index in [1.54, 1.807) is 0 Å². The van der Waals surface area contributed by atoms with Crippen molar-refractivity contribution in [2.24, 2.45) is 5.92 Å². The maximum Gasteiger partial charge on any atom is 0.222 e. The maximum atomic E-state index is 12.3. The average molecular weight is 353 g/mol. The first-order chi connectivity index (χ1) is 10.1. The highest BCUT2D eigenvalue weighted by atomic mass is 79.9. The molecular formula is C17H25BrN2O. The number of carbonyl (C=O) groups excluding carboxylic acids is 1. The minimum atomic E-state index is 0.287. The molecule has 0 N–H and O–H groups in total. The van der Waals surface area contributed by atoms with Crippen LogP contribution in [0.1, 0.15) is 25.8 Å². The number of halogens is 1. The molecule has 1 fully saturated rings. The van der Waals surface area contributed by atoms with Crippen molar-refractivity contribution < 1.29 is 4.79 Å². The zero-order chi connectivity index (χ0) is 15.2. The Labute approximate surface area is 136 Å². The minimum absolute atomic E-state index is 0.287. The van der Waals surface area contributed by atoms with Crippen molar-refractivity contribution in [2.75, 3.05) is 32.7 Å². The molecule has 0 saturated carbocycles. The monoisotopic (exact) mass is 352 g/mol. The van der Waals surface area contributed by atoms with Crippen molar-refractivity contribution >= 4 is 21.8 Å². The quantitative estimate of drug-likeness (QED) is 0.812. The summed E-state index contributed by atoms with van der Waals surface area (Å²) >= 11 is 3.54. The summed E-state index contributed by atoms with van der Waals surface area (Å²) in [5.41, 5.74) is 1.21. The van der Waals surface area contributed by atoms with Crippen molar-refractivity contribution in [3.8, 4) is 0 Å². The van der Waals surface area contributed by atoms with E-state index in [1.165, 1.54) is 5.56 Å². The van der Waals surface area contributed by atoms with Crippen LogP contribution in [0.5, 0.6) is 0 Å². The van der Waals surface area contributed by atoms with Gasteiger partial charge in [0.1, 0.15) is 0 Å². The summed E-state index contributed by atoms with van der Waals surface area (Å²) in [5.74, 6) is 0.984. The fraction of sp³-hybridized carbons (Fsp3) is 0.588. The van der Waals surface area contributed by atoms with E-state index in [2.05, 4.69) is 40.7 Å². The molecule has 21 heavy (non-hydrogen) atoms. The number of hydrogen-bond donors (Lipinski definition) is 0. The van der Waals surface area contributed by atoms with Crippen molar-refractivity contribution in [3.05, 3.63) is 34.3 Å².